The molecular weight excluding hydrogens is 334 g/mol. The Kier molecular flexibility index (Phi) is 19.7. The van der Waals surface area contributed by atoms with Crippen molar-refractivity contribution in [2.24, 2.45) is 0 Å². The summed E-state index contributed by atoms with van der Waals surface area (Å²) in [6.45, 7) is 4.98. The fourth-order valence-corrected chi connectivity index (χ4v) is 3.57. The highest BCUT2D eigenvalue weighted by molar-refractivity contribution is 5.69. The average Bonchev–Trinajstić information content (AvgIpc) is 2.64. The summed E-state index contributed by atoms with van der Waals surface area (Å²) in [5.41, 5.74) is 0. The number of ether oxygens (including phenoxy) is 1. The highest BCUT2D eigenvalue weighted by Gasteiger charge is 2.14. The van der Waals surface area contributed by atoms with Crippen molar-refractivity contribution in [3.8, 4) is 0 Å². The molecule has 0 N–H and O–H groups in total. The summed E-state index contributed by atoms with van der Waals surface area (Å²) >= 11 is 0. The first-order valence-electron chi connectivity index (χ1n) is 11.9. The Morgan fingerprint density at radius 3 is 1.67 bits per heavy atom. The monoisotopic (exact) mass is 383 g/mol. The Hall–Kier alpha value is -0.570. The number of hydrogen-bond acceptors (Lipinski definition) is 3. The van der Waals surface area contributed by atoms with Gasteiger partial charge in [0.1, 0.15) is 0 Å². The molecule has 0 heterocycles. The lowest BCUT2D eigenvalue weighted by atomic mass is 10.0. The summed E-state index contributed by atoms with van der Waals surface area (Å²) in [4.78, 5) is 14.1. The van der Waals surface area contributed by atoms with Crippen LogP contribution in [0.4, 0.5) is 0 Å². The highest BCUT2D eigenvalue weighted by Crippen LogP contribution is 2.16. The van der Waals surface area contributed by atoms with Crippen molar-refractivity contribution in [2.75, 3.05) is 20.7 Å². The van der Waals surface area contributed by atoms with Crippen LogP contribution >= 0.6 is 0 Å². The predicted octanol–water partition coefficient (Wildman–Crippen LogP) is 7.13. The number of unbranched alkanes of at least 4 members (excludes halogenated alkanes) is 12. The van der Waals surface area contributed by atoms with Gasteiger partial charge in [-0.25, -0.2) is 0 Å². The van der Waals surface area contributed by atoms with Crippen molar-refractivity contribution in [1.29, 1.82) is 0 Å². The standard InChI is InChI=1S/C24H49NO2/c1-5-7-9-10-11-12-13-14-15-16-17-18-19-23(25(3)4)20-21-24(26)27-22-8-6-2/h23H,5-22H2,1-4H3. The number of rotatable bonds is 20. The summed E-state index contributed by atoms with van der Waals surface area (Å²) in [6, 6.07) is 0.506. The molecule has 1 unspecified atom stereocenters. The smallest absolute Gasteiger partial charge is 0.305 e. The lowest BCUT2D eigenvalue weighted by Gasteiger charge is -2.24. The third-order valence-corrected chi connectivity index (χ3v) is 5.56. The van der Waals surface area contributed by atoms with Crippen molar-refractivity contribution < 1.29 is 9.53 Å². The van der Waals surface area contributed by atoms with Crippen LogP contribution in [0.1, 0.15) is 123 Å². The van der Waals surface area contributed by atoms with Gasteiger partial charge in [-0.05, 0) is 33.4 Å². The first kappa shape index (κ1) is 26.4. The van der Waals surface area contributed by atoms with Crippen molar-refractivity contribution >= 4 is 5.97 Å². The van der Waals surface area contributed by atoms with E-state index in [-0.39, 0.29) is 5.97 Å². The highest BCUT2D eigenvalue weighted by atomic mass is 16.5. The van der Waals surface area contributed by atoms with E-state index in [0.29, 0.717) is 19.1 Å². The zero-order chi connectivity index (χ0) is 20.2. The molecule has 3 heteroatoms. The van der Waals surface area contributed by atoms with Crippen molar-refractivity contribution in [3.63, 3.8) is 0 Å². The molecule has 0 saturated carbocycles. The number of hydrogen-bond donors (Lipinski definition) is 0. The molecule has 0 aromatic carbocycles. The van der Waals surface area contributed by atoms with E-state index >= 15 is 0 Å². The van der Waals surface area contributed by atoms with E-state index in [4.69, 9.17) is 4.74 Å². The van der Waals surface area contributed by atoms with Gasteiger partial charge in [0.2, 0.25) is 0 Å². The summed E-state index contributed by atoms with van der Waals surface area (Å²) in [5, 5.41) is 0. The first-order chi connectivity index (χ1) is 13.1. The van der Waals surface area contributed by atoms with E-state index in [1.54, 1.807) is 0 Å². The second-order valence-electron chi connectivity index (χ2n) is 8.41. The molecule has 0 bridgehead atoms. The van der Waals surface area contributed by atoms with Crippen LogP contribution in [0.15, 0.2) is 0 Å². The minimum absolute atomic E-state index is 0.0232. The molecule has 0 saturated heterocycles. The number of carbonyl (C=O) groups excluding carboxylic acids is 1. The predicted molar refractivity (Wildman–Crippen MR) is 118 cm³/mol. The van der Waals surface area contributed by atoms with Gasteiger partial charge in [0.05, 0.1) is 6.61 Å². The molecule has 0 radical (unpaired) electrons. The summed E-state index contributed by atoms with van der Waals surface area (Å²) in [5.74, 6) is -0.0232. The maximum atomic E-state index is 11.8. The van der Waals surface area contributed by atoms with E-state index in [2.05, 4.69) is 32.8 Å². The van der Waals surface area contributed by atoms with Gasteiger partial charge in [-0.1, -0.05) is 97.3 Å². The molecule has 0 aliphatic carbocycles. The topological polar surface area (TPSA) is 29.5 Å². The van der Waals surface area contributed by atoms with Gasteiger partial charge in [0.25, 0.3) is 0 Å². The van der Waals surface area contributed by atoms with E-state index < -0.39 is 0 Å². The molecule has 1 atom stereocenters. The zero-order valence-corrected chi connectivity index (χ0v) is 19.1. The molecule has 0 aliphatic rings. The van der Waals surface area contributed by atoms with Crippen LogP contribution in [0.5, 0.6) is 0 Å². The zero-order valence-electron chi connectivity index (χ0n) is 19.1. The molecule has 27 heavy (non-hydrogen) atoms. The van der Waals surface area contributed by atoms with Gasteiger partial charge in [-0.15, -0.1) is 0 Å². The van der Waals surface area contributed by atoms with E-state index in [9.17, 15) is 4.79 Å². The van der Waals surface area contributed by atoms with Gasteiger partial charge in [0.15, 0.2) is 0 Å². The Balaban J connectivity index is 3.55. The van der Waals surface area contributed by atoms with Gasteiger partial charge in [-0.3, -0.25) is 4.79 Å². The van der Waals surface area contributed by atoms with Crippen LogP contribution in [0.3, 0.4) is 0 Å². The van der Waals surface area contributed by atoms with Crippen molar-refractivity contribution in [2.45, 2.75) is 129 Å². The average molecular weight is 384 g/mol. The second-order valence-corrected chi connectivity index (χ2v) is 8.41. The lowest BCUT2D eigenvalue weighted by molar-refractivity contribution is -0.144. The van der Waals surface area contributed by atoms with Crippen molar-refractivity contribution in [1.82, 2.24) is 4.90 Å². The third-order valence-electron chi connectivity index (χ3n) is 5.56. The molecular formula is C24H49NO2. The molecule has 0 fully saturated rings. The fourth-order valence-electron chi connectivity index (χ4n) is 3.57. The summed E-state index contributed by atoms with van der Waals surface area (Å²) in [7, 11) is 4.27. The van der Waals surface area contributed by atoms with Crippen LogP contribution in [0.2, 0.25) is 0 Å². The maximum absolute atomic E-state index is 11.8. The van der Waals surface area contributed by atoms with E-state index in [1.807, 2.05) is 0 Å². The Bertz CT molecular complexity index is 318. The fraction of sp³-hybridized carbons (Fsp3) is 0.958. The minimum atomic E-state index is -0.0232. The van der Waals surface area contributed by atoms with Gasteiger partial charge in [-0.2, -0.15) is 0 Å². The first-order valence-corrected chi connectivity index (χ1v) is 11.9. The normalized spacial score (nSPS) is 12.5. The SMILES string of the molecule is CCCCCCCCCCCCCCC(CCC(=O)OCCCC)N(C)C. The molecule has 0 aromatic rings. The van der Waals surface area contributed by atoms with Crippen molar-refractivity contribution in [3.05, 3.63) is 0 Å². The van der Waals surface area contributed by atoms with Crippen LogP contribution < -0.4 is 0 Å². The summed E-state index contributed by atoms with van der Waals surface area (Å²) < 4.78 is 5.27. The Morgan fingerprint density at radius 2 is 1.19 bits per heavy atom. The van der Waals surface area contributed by atoms with Crippen LogP contribution in [0, 0.1) is 0 Å². The third kappa shape index (κ3) is 18.6. The molecule has 162 valence electrons. The van der Waals surface area contributed by atoms with Crippen LogP contribution in [-0.4, -0.2) is 37.6 Å². The summed E-state index contributed by atoms with van der Waals surface area (Å²) in [6.07, 6.45) is 21.4. The molecule has 3 nitrogen and oxygen atoms in total. The number of carbonyl (C=O) groups is 1. The van der Waals surface area contributed by atoms with E-state index in [0.717, 1.165) is 19.3 Å². The second kappa shape index (κ2) is 20.2. The molecule has 0 aliphatic heterocycles. The van der Waals surface area contributed by atoms with Gasteiger partial charge >= 0.3 is 5.97 Å². The lowest BCUT2D eigenvalue weighted by Crippen LogP contribution is -2.28. The van der Waals surface area contributed by atoms with Crippen LogP contribution in [-0.2, 0) is 9.53 Å². The maximum Gasteiger partial charge on any atom is 0.305 e. The Labute approximate surface area is 170 Å². The quantitative estimate of drug-likeness (QED) is 0.165. The van der Waals surface area contributed by atoms with Gasteiger partial charge < -0.3 is 9.64 Å². The van der Waals surface area contributed by atoms with Gasteiger partial charge in [0, 0.05) is 12.5 Å². The minimum Gasteiger partial charge on any atom is -0.466 e. The number of nitrogens with zero attached hydrogens (tertiary/aromatic N) is 1. The molecule has 0 aromatic heterocycles. The Morgan fingerprint density at radius 1 is 0.704 bits per heavy atom. The molecule has 0 amide bonds. The largest absolute Gasteiger partial charge is 0.466 e. The van der Waals surface area contributed by atoms with Crippen LogP contribution in [0.25, 0.3) is 0 Å². The number of esters is 1. The molecule has 0 spiro atoms. The molecule has 0 rings (SSSR count). The van der Waals surface area contributed by atoms with E-state index in [1.165, 1.54) is 83.5 Å².